The molecule has 3 nitrogen and oxygen atoms in total. The van der Waals surface area contributed by atoms with Gasteiger partial charge in [-0.1, -0.05) is 35.7 Å². The number of hydrogen-bond donors (Lipinski definition) is 2. The van der Waals surface area contributed by atoms with Gasteiger partial charge < -0.3 is 10.8 Å². The largest absolute Gasteiger partial charge is 0.508 e. The highest BCUT2D eigenvalue weighted by molar-refractivity contribution is 9.10. The van der Waals surface area contributed by atoms with Crippen molar-refractivity contribution in [3.8, 4) is 5.75 Å². The number of nitrogens with zero attached hydrogens (tertiary/aromatic N) is 1. The molecule has 0 radical (unpaired) electrons. The van der Waals surface area contributed by atoms with Gasteiger partial charge >= 0.3 is 0 Å². The summed E-state index contributed by atoms with van der Waals surface area (Å²) in [6, 6.07) is 6.46. The minimum atomic E-state index is 0.236. The van der Waals surface area contributed by atoms with Crippen molar-refractivity contribution in [2.24, 2.45) is 11.7 Å². The molecule has 1 fully saturated rings. The van der Waals surface area contributed by atoms with Gasteiger partial charge in [0.1, 0.15) is 5.75 Å². The molecule has 3 atom stereocenters. The van der Waals surface area contributed by atoms with E-state index in [1.54, 1.807) is 6.07 Å². The lowest BCUT2D eigenvalue weighted by atomic mass is 9.82. The third kappa shape index (κ3) is 3.79. The molecule has 1 aromatic carbocycles. The van der Waals surface area contributed by atoms with E-state index in [0.717, 1.165) is 23.0 Å². The maximum atomic E-state index is 10.2. The van der Waals surface area contributed by atoms with Gasteiger partial charge in [-0.05, 0) is 57.0 Å². The standard InChI is InChI=1S/C17H27BrN2O/c1-3-15(14-10-13(18)8-9-17(14)21)20(2)16-7-5-4-6-12(16)11-19/h8-10,12,15-16,21H,3-7,11,19H2,1-2H3. The first-order valence-corrected chi connectivity index (χ1v) is 8.78. The van der Waals surface area contributed by atoms with E-state index in [1.807, 2.05) is 12.1 Å². The number of aromatic hydroxyl groups is 1. The molecular formula is C17H27BrN2O. The fourth-order valence-electron chi connectivity index (χ4n) is 3.75. The number of rotatable bonds is 5. The van der Waals surface area contributed by atoms with Crippen molar-refractivity contribution in [2.75, 3.05) is 13.6 Å². The van der Waals surface area contributed by atoms with E-state index < -0.39 is 0 Å². The van der Waals surface area contributed by atoms with Crippen molar-refractivity contribution < 1.29 is 5.11 Å². The lowest BCUT2D eigenvalue weighted by Crippen LogP contribution is -2.44. The van der Waals surface area contributed by atoms with Crippen LogP contribution in [0, 0.1) is 5.92 Å². The minimum absolute atomic E-state index is 0.236. The van der Waals surface area contributed by atoms with Crippen LogP contribution in [0.3, 0.4) is 0 Å². The van der Waals surface area contributed by atoms with Crippen LogP contribution < -0.4 is 5.73 Å². The maximum absolute atomic E-state index is 10.2. The van der Waals surface area contributed by atoms with Crippen LogP contribution in [0.5, 0.6) is 5.75 Å². The van der Waals surface area contributed by atoms with Gasteiger partial charge in [-0.3, -0.25) is 4.90 Å². The van der Waals surface area contributed by atoms with Crippen molar-refractivity contribution in [3.05, 3.63) is 28.2 Å². The van der Waals surface area contributed by atoms with Crippen LogP contribution in [0.4, 0.5) is 0 Å². The van der Waals surface area contributed by atoms with Gasteiger partial charge in [0.2, 0.25) is 0 Å². The van der Waals surface area contributed by atoms with E-state index in [1.165, 1.54) is 25.7 Å². The van der Waals surface area contributed by atoms with Crippen LogP contribution in [0.1, 0.15) is 50.6 Å². The topological polar surface area (TPSA) is 49.5 Å². The fraction of sp³-hybridized carbons (Fsp3) is 0.647. The Balaban J connectivity index is 2.25. The Labute approximate surface area is 136 Å². The van der Waals surface area contributed by atoms with Crippen LogP contribution in [0.15, 0.2) is 22.7 Å². The summed E-state index contributed by atoms with van der Waals surface area (Å²) in [4.78, 5) is 2.44. The molecule has 4 heteroatoms. The molecular weight excluding hydrogens is 328 g/mol. The van der Waals surface area contributed by atoms with Crippen LogP contribution in [-0.4, -0.2) is 29.6 Å². The Kier molecular flexibility index (Phi) is 6.08. The summed E-state index contributed by atoms with van der Waals surface area (Å²) < 4.78 is 1.01. The molecule has 1 saturated carbocycles. The van der Waals surface area contributed by atoms with Crippen LogP contribution in [-0.2, 0) is 0 Å². The lowest BCUT2D eigenvalue weighted by Gasteiger charge is -2.41. The highest BCUT2D eigenvalue weighted by Gasteiger charge is 2.31. The quantitative estimate of drug-likeness (QED) is 0.838. The molecule has 3 N–H and O–H groups in total. The first-order valence-electron chi connectivity index (χ1n) is 7.98. The molecule has 0 aromatic heterocycles. The Morgan fingerprint density at radius 2 is 2.10 bits per heavy atom. The molecule has 3 unspecified atom stereocenters. The van der Waals surface area contributed by atoms with E-state index in [9.17, 15) is 5.11 Å². The molecule has 2 rings (SSSR count). The molecule has 1 aliphatic carbocycles. The second-order valence-corrected chi connectivity index (χ2v) is 7.06. The van der Waals surface area contributed by atoms with E-state index in [2.05, 4.69) is 34.8 Å². The van der Waals surface area contributed by atoms with Gasteiger partial charge in [-0.2, -0.15) is 0 Å². The Morgan fingerprint density at radius 3 is 2.76 bits per heavy atom. The predicted molar refractivity (Wildman–Crippen MR) is 91.4 cm³/mol. The highest BCUT2D eigenvalue weighted by atomic mass is 79.9. The van der Waals surface area contributed by atoms with Crippen molar-refractivity contribution in [3.63, 3.8) is 0 Å². The summed E-state index contributed by atoms with van der Waals surface area (Å²) in [7, 11) is 2.19. The fourth-order valence-corrected chi connectivity index (χ4v) is 4.13. The zero-order valence-electron chi connectivity index (χ0n) is 13.1. The van der Waals surface area contributed by atoms with Crippen LogP contribution in [0.25, 0.3) is 0 Å². The number of nitrogens with two attached hydrogens (primary N) is 1. The average Bonchev–Trinajstić information content (AvgIpc) is 2.51. The summed E-state index contributed by atoms with van der Waals surface area (Å²) in [5.41, 5.74) is 6.99. The number of halogens is 1. The highest BCUT2D eigenvalue weighted by Crippen LogP contribution is 2.37. The van der Waals surface area contributed by atoms with E-state index in [-0.39, 0.29) is 6.04 Å². The molecule has 0 aliphatic heterocycles. The zero-order chi connectivity index (χ0) is 15.4. The van der Waals surface area contributed by atoms with Gasteiger partial charge in [0, 0.05) is 22.1 Å². The maximum Gasteiger partial charge on any atom is 0.120 e. The molecule has 0 spiro atoms. The zero-order valence-corrected chi connectivity index (χ0v) is 14.6. The number of phenols is 1. The Bertz CT molecular complexity index is 466. The summed E-state index contributed by atoms with van der Waals surface area (Å²) >= 11 is 3.51. The minimum Gasteiger partial charge on any atom is -0.508 e. The SMILES string of the molecule is CCC(c1cc(Br)ccc1O)N(C)C1CCCCC1CN. The van der Waals surface area contributed by atoms with E-state index >= 15 is 0 Å². The molecule has 0 saturated heterocycles. The van der Waals surface area contributed by atoms with E-state index in [4.69, 9.17) is 5.73 Å². The van der Waals surface area contributed by atoms with Crippen molar-refractivity contribution in [1.82, 2.24) is 4.90 Å². The van der Waals surface area contributed by atoms with Gasteiger partial charge in [-0.15, -0.1) is 0 Å². The van der Waals surface area contributed by atoms with Crippen LogP contribution in [0.2, 0.25) is 0 Å². The van der Waals surface area contributed by atoms with Crippen LogP contribution >= 0.6 is 15.9 Å². The third-order valence-corrected chi connectivity index (χ3v) is 5.41. The smallest absolute Gasteiger partial charge is 0.120 e. The van der Waals surface area contributed by atoms with E-state index in [0.29, 0.717) is 17.7 Å². The normalized spacial score (nSPS) is 24.2. The van der Waals surface area contributed by atoms with Gasteiger partial charge in [0.25, 0.3) is 0 Å². The predicted octanol–water partition coefficient (Wildman–Crippen LogP) is 4.06. The van der Waals surface area contributed by atoms with Gasteiger partial charge in [0.05, 0.1) is 0 Å². The molecule has 0 amide bonds. The molecule has 1 aliphatic rings. The summed E-state index contributed by atoms with van der Waals surface area (Å²) in [5.74, 6) is 0.962. The molecule has 21 heavy (non-hydrogen) atoms. The number of phenolic OH excluding ortho intramolecular Hbond substituents is 1. The summed E-state index contributed by atoms with van der Waals surface area (Å²) in [5, 5.41) is 10.2. The molecule has 0 heterocycles. The summed E-state index contributed by atoms with van der Waals surface area (Å²) in [6.07, 6.45) is 6.00. The summed E-state index contributed by atoms with van der Waals surface area (Å²) in [6.45, 7) is 2.94. The monoisotopic (exact) mass is 354 g/mol. The first-order chi connectivity index (χ1) is 10.1. The van der Waals surface area contributed by atoms with Gasteiger partial charge in [-0.25, -0.2) is 0 Å². The molecule has 1 aromatic rings. The van der Waals surface area contributed by atoms with Gasteiger partial charge in [0.15, 0.2) is 0 Å². The second-order valence-electron chi connectivity index (χ2n) is 6.14. The number of benzene rings is 1. The third-order valence-electron chi connectivity index (χ3n) is 4.92. The second kappa shape index (κ2) is 7.61. The number of hydrogen-bond acceptors (Lipinski definition) is 3. The average molecular weight is 355 g/mol. The first kappa shape index (κ1) is 16.8. The lowest BCUT2D eigenvalue weighted by molar-refractivity contribution is 0.0883. The van der Waals surface area contributed by atoms with Crippen molar-refractivity contribution in [2.45, 2.75) is 51.1 Å². The molecule has 118 valence electrons. The van der Waals surface area contributed by atoms with Crippen molar-refractivity contribution >= 4 is 15.9 Å². The molecule has 0 bridgehead atoms. The van der Waals surface area contributed by atoms with Crippen molar-refractivity contribution in [1.29, 1.82) is 0 Å². The Morgan fingerprint density at radius 1 is 1.38 bits per heavy atom. The Hall–Kier alpha value is -0.580.